The largest absolute Gasteiger partial charge is 0.363 e. The number of nitrogens with zero attached hydrogens (tertiary/aromatic N) is 4. The molecule has 0 spiro atoms. The predicted molar refractivity (Wildman–Crippen MR) is 101 cm³/mol. The average molecular weight is 349 g/mol. The molecule has 3 heterocycles. The van der Waals surface area contributed by atoms with Gasteiger partial charge in [-0.3, -0.25) is 0 Å². The summed E-state index contributed by atoms with van der Waals surface area (Å²) in [5, 5.41) is 7.46. The number of likely N-dealkylation sites (tertiary alicyclic amines) is 1. The van der Waals surface area contributed by atoms with E-state index < -0.39 is 0 Å². The van der Waals surface area contributed by atoms with Crippen LogP contribution >= 0.6 is 0 Å². The number of anilines is 1. The summed E-state index contributed by atoms with van der Waals surface area (Å²) in [5.74, 6) is 2.12. The lowest BCUT2D eigenvalue weighted by Crippen LogP contribution is -2.29. The molecule has 6 nitrogen and oxygen atoms in total. The molecule has 2 aromatic heterocycles. The van der Waals surface area contributed by atoms with Crippen molar-refractivity contribution in [3.63, 3.8) is 0 Å². The van der Waals surface area contributed by atoms with E-state index in [2.05, 4.69) is 38.5 Å². The van der Waals surface area contributed by atoms with E-state index in [1.54, 1.807) is 6.33 Å². The van der Waals surface area contributed by atoms with Crippen LogP contribution in [-0.2, 0) is 6.54 Å². The Morgan fingerprint density at radius 3 is 2.73 bits per heavy atom. The normalized spacial score (nSPS) is 15.9. The quantitative estimate of drug-likeness (QED) is 0.760. The Morgan fingerprint density at radius 1 is 1.12 bits per heavy atom. The first-order chi connectivity index (χ1) is 12.8. The smallest absolute Gasteiger partial charge is 0.156 e. The molecule has 134 valence electrons. The molecule has 0 radical (unpaired) electrons. The first-order valence-electron chi connectivity index (χ1n) is 9.03. The first-order valence-corrected chi connectivity index (χ1v) is 9.03. The predicted octanol–water partition coefficient (Wildman–Crippen LogP) is 3.55. The number of benzene rings is 1. The molecule has 26 heavy (non-hydrogen) atoms. The summed E-state index contributed by atoms with van der Waals surface area (Å²) >= 11 is 0. The average Bonchev–Trinajstić information content (AvgIpc) is 3.17. The SMILES string of the molecule is CN1CCC(c2cc(NCc3cc(-c4ccccc4)no3)ncn2)CC1. The molecule has 3 aromatic rings. The fraction of sp³-hybridized carbons (Fsp3) is 0.350. The highest BCUT2D eigenvalue weighted by atomic mass is 16.5. The number of piperidine rings is 1. The third kappa shape index (κ3) is 3.91. The van der Waals surface area contributed by atoms with Crippen LogP contribution in [0.15, 0.2) is 53.3 Å². The van der Waals surface area contributed by atoms with Crippen molar-refractivity contribution in [1.29, 1.82) is 0 Å². The molecule has 6 heteroatoms. The second-order valence-corrected chi connectivity index (χ2v) is 6.80. The molecule has 1 N–H and O–H groups in total. The van der Waals surface area contributed by atoms with Gasteiger partial charge in [-0.15, -0.1) is 0 Å². The van der Waals surface area contributed by atoms with Crippen molar-refractivity contribution >= 4 is 5.82 Å². The van der Waals surface area contributed by atoms with Gasteiger partial charge < -0.3 is 14.7 Å². The highest BCUT2D eigenvalue weighted by Crippen LogP contribution is 2.27. The van der Waals surface area contributed by atoms with Crippen LogP contribution in [-0.4, -0.2) is 40.2 Å². The van der Waals surface area contributed by atoms with Crippen LogP contribution < -0.4 is 5.32 Å². The third-order valence-electron chi connectivity index (χ3n) is 4.90. The fourth-order valence-electron chi connectivity index (χ4n) is 3.32. The van der Waals surface area contributed by atoms with Crippen molar-refractivity contribution in [2.75, 3.05) is 25.5 Å². The molecule has 0 aliphatic carbocycles. The molecular formula is C20H23N5O. The van der Waals surface area contributed by atoms with Crippen LogP contribution in [0.3, 0.4) is 0 Å². The Hall–Kier alpha value is -2.73. The van der Waals surface area contributed by atoms with Gasteiger partial charge in [0.2, 0.25) is 0 Å². The first kappa shape index (κ1) is 16.7. The van der Waals surface area contributed by atoms with Gasteiger partial charge in [0.05, 0.1) is 6.54 Å². The maximum Gasteiger partial charge on any atom is 0.156 e. The van der Waals surface area contributed by atoms with E-state index in [1.807, 2.05) is 36.4 Å². The van der Waals surface area contributed by atoms with E-state index in [4.69, 9.17) is 4.52 Å². The van der Waals surface area contributed by atoms with E-state index in [9.17, 15) is 0 Å². The van der Waals surface area contributed by atoms with E-state index in [0.717, 1.165) is 54.5 Å². The number of hydrogen-bond donors (Lipinski definition) is 1. The van der Waals surface area contributed by atoms with Crippen LogP contribution in [0, 0.1) is 0 Å². The molecule has 0 amide bonds. The van der Waals surface area contributed by atoms with Crippen LogP contribution in [0.1, 0.15) is 30.2 Å². The van der Waals surface area contributed by atoms with Crippen LogP contribution in [0.2, 0.25) is 0 Å². The van der Waals surface area contributed by atoms with Crippen molar-refractivity contribution in [3.05, 3.63) is 60.2 Å². The summed E-state index contributed by atoms with van der Waals surface area (Å²) in [6, 6.07) is 14.0. The number of hydrogen-bond acceptors (Lipinski definition) is 6. The monoisotopic (exact) mass is 349 g/mol. The zero-order valence-electron chi connectivity index (χ0n) is 14.9. The minimum atomic E-state index is 0.518. The zero-order chi connectivity index (χ0) is 17.8. The van der Waals surface area contributed by atoms with Gasteiger partial charge in [-0.1, -0.05) is 35.5 Å². The van der Waals surface area contributed by atoms with E-state index in [-0.39, 0.29) is 0 Å². The standard InChI is InChI=1S/C20H23N5O/c1-25-9-7-16(8-10-25)18-12-20(23-14-22-18)21-13-17-11-19(24-26-17)15-5-3-2-4-6-15/h2-6,11-12,14,16H,7-10,13H2,1H3,(H,21,22,23). The van der Waals surface area contributed by atoms with Crippen molar-refractivity contribution in [3.8, 4) is 11.3 Å². The van der Waals surface area contributed by atoms with Gasteiger partial charge in [0.1, 0.15) is 17.8 Å². The Kier molecular flexibility index (Phi) is 4.93. The van der Waals surface area contributed by atoms with Gasteiger partial charge in [-0.2, -0.15) is 0 Å². The zero-order valence-corrected chi connectivity index (χ0v) is 14.9. The lowest BCUT2D eigenvalue weighted by Gasteiger charge is -2.28. The van der Waals surface area contributed by atoms with Crippen LogP contribution in [0.5, 0.6) is 0 Å². The topological polar surface area (TPSA) is 67.1 Å². The van der Waals surface area contributed by atoms with Crippen molar-refractivity contribution in [2.24, 2.45) is 0 Å². The molecule has 0 atom stereocenters. The molecule has 1 aliphatic heterocycles. The lowest BCUT2D eigenvalue weighted by molar-refractivity contribution is 0.253. The minimum Gasteiger partial charge on any atom is -0.363 e. The summed E-state index contributed by atoms with van der Waals surface area (Å²) in [6.45, 7) is 2.79. The summed E-state index contributed by atoms with van der Waals surface area (Å²) in [4.78, 5) is 11.2. The molecule has 1 aromatic carbocycles. The Morgan fingerprint density at radius 2 is 1.92 bits per heavy atom. The van der Waals surface area contributed by atoms with Crippen molar-refractivity contribution < 1.29 is 4.52 Å². The maximum absolute atomic E-state index is 5.44. The highest BCUT2D eigenvalue weighted by Gasteiger charge is 2.19. The maximum atomic E-state index is 5.44. The number of aromatic nitrogens is 3. The number of nitrogens with one attached hydrogen (secondary N) is 1. The molecular weight excluding hydrogens is 326 g/mol. The molecule has 4 rings (SSSR count). The van der Waals surface area contributed by atoms with Gasteiger partial charge in [-0.25, -0.2) is 9.97 Å². The Bertz CT molecular complexity index is 840. The number of rotatable bonds is 5. The highest BCUT2D eigenvalue weighted by molar-refractivity contribution is 5.58. The van der Waals surface area contributed by atoms with Crippen LogP contribution in [0.25, 0.3) is 11.3 Å². The molecule has 1 saturated heterocycles. The van der Waals surface area contributed by atoms with Gasteiger partial charge >= 0.3 is 0 Å². The van der Waals surface area contributed by atoms with Crippen molar-refractivity contribution in [1.82, 2.24) is 20.0 Å². The summed E-state index contributed by atoms with van der Waals surface area (Å²) < 4.78 is 5.44. The second-order valence-electron chi connectivity index (χ2n) is 6.80. The molecule has 0 bridgehead atoms. The Balaban J connectivity index is 1.39. The Labute approximate surface area is 153 Å². The second kappa shape index (κ2) is 7.66. The van der Waals surface area contributed by atoms with Gasteiger partial charge in [-0.05, 0) is 33.0 Å². The molecule has 0 unspecified atom stereocenters. The van der Waals surface area contributed by atoms with Crippen molar-refractivity contribution in [2.45, 2.75) is 25.3 Å². The summed E-state index contributed by atoms with van der Waals surface area (Å²) in [7, 11) is 2.17. The summed E-state index contributed by atoms with van der Waals surface area (Å²) in [5.41, 5.74) is 3.02. The summed E-state index contributed by atoms with van der Waals surface area (Å²) in [6.07, 6.45) is 3.94. The van der Waals surface area contributed by atoms with Crippen LogP contribution in [0.4, 0.5) is 5.82 Å². The van der Waals surface area contributed by atoms with E-state index in [0.29, 0.717) is 12.5 Å². The molecule has 1 aliphatic rings. The van der Waals surface area contributed by atoms with E-state index >= 15 is 0 Å². The lowest BCUT2D eigenvalue weighted by atomic mass is 9.93. The third-order valence-corrected chi connectivity index (χ3v) is 4.90. The van der Waals surface area contributed by atoms with Gasteiger partial charge in [0, 0.05) is 29.3 Å². The molecule has 0 saturated carbocycles. The van der Waals surface area contributed by atoms with E-state index in [1.165, 1.54) is 0 Å². The molecule has 1 fully saturated rings. The minimum absolute atomic E-state index is 0.518. The van der Waals surface area contributed by atoms with Gasteiger partial charge in [0.15, 0.2) is 5.76 Å². The fourth-order valence-corrected chi connectivity index (χ4v) is 3.32. The van der Waals surface area contributed by atoms with Gasteiger partial charge in [0.25, 0.3) is 0 Å².